The van der Waals surface area contributed by atoms with Crippen molar-refractivity contribution >= 4 is 0 Å². The zero-order valence-electron chi connectivity index (χ0n) is 17.6. The zero-order chi connectivity index (χ0) is 19.8. The molecule has 0 saturated carbocycles. The van der Waals surface area contributed by atoms with Crippen LogP contribution in [0.25, 0.3) is 0 Å². The molecule has 0 aliphatic rings. The molecular formula is C24H34O3. The summed E-state index contributed by atoms with van der Waals surface area (Å²) in [5, 5.41) is 0. The van der Waals surface area contributed by atoms with Crippen molar-refractivity contribution in [3.63, 3.8) is 0 Å². The van der Waals surface area contributed by atoms with Crippen molar-refractivity contribution in [2.75, 3.05) is 13.2 Å². The van der Waals surface area contributed by atoms with Gasteiger partial charge in [-0.25, -0.2) is 0 Å². The van der Waals surface area contributed by atoms with E-state index in [0.717, 1.165) is 11.5 Å². The highest BCUT2D eigenvalue weighted by Gasteiger charge is 2.25. The van der Waals surface area contributed by atoms with Gasteiger partial charge in [0.05, 0.1) is 25.4 Å². The van der Waals surface area contributed by atoms with E-state index in [1.54, 1.807) is 0 Å². The van der Waals surface area contributed by atoms with Crippen LogP contribution < -0.4 is 9.47 Å². The van der Waals surface area contributed by atoms with Gasteiger partial charge in [0.2, 0.25) is 0 Å². The summed E-state index contributed by atoms with van der Waals surface area (Å²) in [5.74, 6) is 2.53. The van der Waals surface area contributed by atoms with Crippen molar-refractivity contribution in [1.29, 1.82) is 0 Å². The van der Waals surface area contributed by atoms with Crippen molar-refractivity contribution in [3.8, 4) is 11.5 Å². The third-order valence-corrected chi connectivity index (χ3v) is 4.54. The van der Waals surface area contributed by atoms with Crippen LogP contribution in [0.15, 0.2) is 48.5 Å². The zero-order valence-corrected chi connectivity index (χ0v) is 17.6. The Morgan fingerprint density at radius 1 is 0.593 bits per heavy atom. The molecule has 0 heterocycles. The Bertz CT molecular complexity index is 600. The molecule has 2 aromatic rings. The van der Waals surface area contributed by atoms with Crippen LogP contribution in [0.1, 0.15) is 64.9 Å². The van der Waals surface area contributed by atoms with Gasteiger partial charge in [0, 0.05) is 0 Å². The lowest BCUT2D eigenvalue weighted by molar-refractivity contribution is -0.0610. The summed E-state index contributed by atoms with van der Waals surface area (Å²) >= 11 is 0. The number of benzene rings is 2. The Kier molecular flexibility index (Phi) is 8.18. The summed E-state index contributed by atoms with van der Waals surface area (Å²) in [5.41, 5.74) is 2.37. The van der Waals surface area contributed by atoms with Gasteiger partial charge in [-0.05, 0) is 61.1 Å². The number of rotatable bonds is 10. The lowest BCUT2D eigenvalue weighted by atomic mass is 9.95. The summed E-state index contributed by atoms with van der Waals surface area (Å²) < 4.78 is 17.8. The lowest BCUT2D eigenvalue weighted by Crippen LogP contribution is -2.19. The van der Waals surface area contributed by atoms with E-state index >= 15 is 0 Å². The Hall–Kier alpha value is -2.00. The SMILES string of the molecule is CCOc1ccc(C(OC(c2ccc(OCC)cc2)C(C)C)C(C)C)cc1. The van der Waals surface area contributed by atoms with E-state index in [0.29, 0.717) is 25.0 Å². The molecule has 2 atom stereocenters. The van der Waals surface area contributed by atoms with Gasteiger partial charge in [0.25, 0.3) is 0 Å². The van der Waals surface area contributed by atoms with Crippen molar-refractivity contribution in [1.82, 2.24) is 0 Å². The monoisotopic (exact) mass is 370 g/mol. The maximum atomic E-state index is 6.66. The molecule has 2 unspecified atom stereocenters. The summed E-state index contributed by atoms with van der Waals surface area (Å²) in [6.07, 6.45) is 0.0549. The molecule has 2 aromatic carbocycles. The van der Waals surface area contributed by atoms with Crippen molar-refractivity contribution in [2.45, 2.75) is 53.8 Å². The highest BCUT2D eigenvalue weighted by Crippen LogP contribution is 2.37. The second-order valence-corrected chi connectivity index (χ2v) is 7.47. The average molecular weight is 371 g/mol. The normalized spacial score (nSPS) is 13.6. The van der Waals surface area contributed by atoms with Gasteiger partial charge in [-0.1, -0.05) is 52.0 Å². The van der Waals surface area contributed by atoms with Gasteiger partial charge >= 0.3 is 0 Å². The van der Waals surface area contributed by atoms with Crippen LogP contribution >= 0.6 is 0 Å². The quantitative estimate of drug-likeness (QED) is 0.472. The first-order valence-electron chi connectivity index (χ1n) is 10.1. The first-order chi connectivity index (χ1) is 13.0. The van der Waals surface area contributed by atoms with Gasteiger partial charge in [-0.2, -0.15) is 0 Å². The molecule has 2 rings (SSSR count). The fourth-order valence-electron chi connectivity index (χ4n) is 3.24. The van der Waals surface area contributed by atoms with Gasteiger partial charge < -0.3 is 14.2 Å². The molecule has 0 saturated heterocycles. The molecule has 0 aliphatic heterocycles. The standard InChI is InChI=1S/C24H34O3/c1-7-25-21-13-9-19(10-14-21)23(17(3)4)27-24(18(5)6)20-11-15-22(16-12-20)26-8-2/h9-18,23-24H,7-8H2,1-6H3. The molecule has 3 nitrogen and oxygen atoms in total. The minimum absolute atomic E-state index is 0.0274. The molecule has 0 aliphatic carbocycles. The molecule has 0 N–H and O–H groups in total. The molecule has 0 radical (unpaired) electrons. The van der Waals surface area contributed by atoms with Crippen molar-refractivity contribution < 1.29 is 14.2 Å². The van der Waals surface area contributed by atoms with E-state index in [-0.39, 0.29) is 12.2 Å². The van der Waals surface area contributed by atoms with E-state index in [1.165, 1.54) is 11.1 Å². The second-order valence-electron chi connectivity index (χ2n) is 7.47. The van der Waals surface area contributed by atoms with Gasteiger partial charge in [-0.3, -0.25) is 0 Å². The topological polar surface area (TPSA) is 27.7 Å². The summed E-state index contributed by atoms with van der Waals surface area (Å²) in [4.78, 5) is 0. The summed E-state index contributed by atoms with van der Waals surface area (Å²) in [7, 11) is 0. The molecule has 0 aromatic heterocycles. The maximum Gasteiger partial charge on any atom is 0.119 e. The molecule has 3 heteroatoms. The Morgan fingerprint density at radius 2 is 0.926 bits per heavy atom. The number of hydrogen-bond donors (Lipinski definition) is 0. The molecule has 27 heavy (non-hydrogen) atoms. The fraction of sp³-hybridized carbons (Fsp3) is 0.500. The molecule has 0 fully saturated rings. The van der Waals surface area contributed by atoms with E-state index in [1.807, 2.05) is 38.1 Å². The van der Waals surface area contributed by atoms with Crippen LogP contribution in [0.5, 0.6) is 11.5 Å². The van der Waals surface area contributed by atoms with E-state index in [4.69, 9.17) is 14.2 Å². The third-order valence-electron chi connectivity index (χ3n) is 4.54. The predicted molar refractivity (Wildman–Crippen MR) is 111 cm³/mol. The number of ether oxygens (including phenoxy) is 3. The van der Waals surface area contributed by atoms with Crippen molar-refractivity contribution in [2.24, 2.45) is 11.8 Å². The van der Waals surface area contributed by atoms with Crippen LogP contribution in [0.4, 0.5) is 0 Å². The van der Waals surface area contributed by atoms with Crippen LogP contribution in [0.2, 0.25) is 0 Å². The van der Waals surface area contributed by atoms with Crippen molar-refractivity contribution in [3.05, 3.63) is 59.7 Å². The molecular weight excluding hydrogens is 336 g/mol. The second kappa shape index (κ2) is 10.4. The third kappa shape index (κ3) is 6.00. The highest BCUT2D eigenvalue weighted by molar-refractivity contribution is 5.30. The predicted octanol–water partition coefficient (Wildman–Crippen LogP) is 6.60. The van der Waals surface area contributed by atoms with Crippen LogP contribution in [0, 0.1) is 11.8 Å². The number of hydrogen-bond acceptors (Lipinski definition) is 3. The van der Waals surface area contributed by atoms with E-state index in [2.05, 4.69) is 52.0 Å². The van der Waals surface area contributed by atoms with Gasteiger partial charge in [-0.15, -0.1) is 0 Å². The molecule has 0 bridgehead atoms. The molecule has 0 spiro atoms. The van der Waals surface area contributed by atoms with E-state index < -0.39 is 0 Å². The van der Waals surface area contributed by atoms with Crippen LogP contribution in [0.3, 0.4) is 0 Å². The van der Waals surface area contributed by atoms with Gasteiger partial charge in [0.15, 0.2) is 0 Å². The maximum absolute atomic E-state index is 6.66. The first kappa shape index (κ1) is 21.3. The Labute approximate surface area is 164 Å². The Morgan fingerprint density at radius 3 is 1.19 bits per heavy atom. The first-order valence-corrected chi connectivity index (χ1v) is 10.1. The minimum atomic E-state index is 0.0274. The molecule has 0 amide bonds. The average Bonchev–Trinajstić information content (AvgIpc) is 2.64. The summed E-state index contributed by atoms with van der Waals surface area (Å²) in [6.45, 7) is 14.2. The van der Waals surface area contributed by atoms with Crippen LogP contribution in [-0.2, 0) is 4.74 Å². The van der Waals surface area contributed by atoms with Gasteiger partial charge in [0.1, 0.15) is 11.5 Å². The lowest BCUT2D eigenvalue weighted by Gasteiger charge is -2.30. The highest BCUT2D eigenvalue weighted by atomic mass is 16.5. The smallest absolute Gasteiger partial charge is 0.119 e. The minimum Gasteiger partial charge on any atom is -0.494 e. The Balaban J connectivity index is 2.22. The van der Waals surface area contributed by atoms with Crippen LogP contribution in [-0.4, -0.2) is 13.2 Å². The molecule has 148 valence electrons. The fourth-order valence-corrected chi connectivity index (χ4v) is 3.24. The summed E-state index contributed by atoms with van der Waals surface area (Å²) in [6, 6.07) is 16.6. The van der Waals surface area contributed by atoms with E-state index in [9.17, 15) is 0 Å². The largest absolute Gasteiger partial charge is 0.494 e.